The van der Waals surface area contributed by atoms with E-state index in [-0.39, 0.29) is 18.1 Å². The van der Waals surface area contributed by atoms with Gasteiger partial charge in [0.25, 0.3) is 10.1 Å². The van der Waals surface area contributed by atoms with Crippen LogP contribution in [-0.4, -0.2) is 26.7 Å². The number of aliphatic hydroxyl groups excluding tert-OH is 1. The summed E-state index contributed by atoms with van der Waals surface area (Å²) in [6.45, 7) is -0.525. The van der Waals surface area contributed by atoms with Crippen LogP contribution in [0, 0.1) is 0 Å². The highest BCUT2D eigenvalue weighted by molar-refractivity contribution is 7.86. The fourth-order valence-electron chi connectivity index (χ4n) is 0.802. The lowest BCUT2D eigenvalue weighted by atomic mass is 10.4. The molecular formula is C8H10O4S. The van der Waals surface area contributed by atoms with Gasteiger partial charge in [0.2, 0.25) is 0 Å². The molecule has 13 heavy (non-hydrogen) atoms. The van der Waals surface area contributed by atoms with Crippen molar-refractivity contribution in [2.45, 2.75) is 4.90 Å². The number of hydrogen-bond acceptors (Lipinski definition) is 4. The lowest BCUT2D eigenvalue weighted by Gasteiger charge is -2.02. The van der Waals surface area contributed by atoms with E-state index in [1.165, 1.54) is 12.1 Å². The third-order valence-corrected chi connectivity index (χ3v) is 2.69. The molecule has 0 saturated heterocycles. The van der Waals surface area contributed by atoms with E-state index in [0.717, 1.165) is 0 Å². The van der Waals surface area contributed by atoms with E-state index in [9.17, 15) is 8.42 Å². The Morgan fingerprint density at radius 1 is 1.23 bits per heavy atom. The van der Waals surface area contributed by atoms with Crippen molar-refractivity contribution in [1.29, 1.82) is 0 Å². The van der Waals surface area contributed by atoms with Crippen LogP contribution >= 0.6 is 0 Å². The normalized spacial score (nSPS) is 11.5. The molecule has 0 fully saturated rings. The maximum atomic E-state index is 11.3. The SMILES string of the molecule is O=S(=O)(OCCO)c1ccccc1. The van der Waals surface area contributed by atoms with Crippen LogP contribution in [0.2, 0.25) is 0 Å². The van der Waals surface area contributed by atoms with Gasteiger partial charge in [-0.05, 0) is 12.1 Å². The molecule has 0 saturated carbocycles. The van der Waals surface area contributed by atoms with Gasteiger partial charge in [-0.3, -0.25) is 4.18 Å². The molecule has 0 radical (unpaired) electrons. The van der Waals surface area contributed by atoms with Gasteiger partial charge in [0.05, 0.1) is 18.1 Å². The molecule has 1 aromatic carbocycles. The Bertz CT molecular complexity index is 344. The first kappa shape index (κ1) is 10.2. The highest BCUT2D eigenvalue weighted by Crippen LogP contribution is 2.10. The van der Waals surface area contributed by atoms with Gasteiger partial charge in [-0.2, -0.15) is 8.42 Å². The Balaban J connectivity index is 2.83. The summed E-state index contributed by atoms with van der Waals surface area (Å²) >= 11 is 0. The second-order valence-electron chi connectivity index (χ2n) is 2.31. The van der Waals surface area contributed by atoms with Gasteiger partial charge in [-0.15, -0.1) is 0 Å². The molecule has 72 valence electrons. The summed E-state index contributed by atoms with van der Waals surface area (Å²) < 4.78 is 27.0. The number of benzene rings is 1. The Labute approximate surface area is 76.9 Å². The molecular weight excluding hydrogens is 192 g/mol. The molecule has 0 atom stereocenters. The topological polar surface area (TPSA) is 63.6 Å². The van der Waals surface area contributed by atoms with Crippen molar-refractivity contribution >= 4 is 10.1 Å². The molecule has 0 aliphatic heterocycles. The summed E-state index contributed by atoms with van der Waals surface area (Å²) in [4.78, 5) is 0.100. The minimum absolute atomic E-state index is 0.100. The van der Waals surface area contributed by atoms with E-state index in [0.29, 0.717) is 0 Å². The van der Waals surface area contributed by atoms with Crippen LogP contribution < -0.4 is 0 Å². The minimum Gasteiger partial charge on any atom is -0.394 e. The average Bonchev–Trinajstić information content (AvgIpc) is 2.16. The van der Waals surface area contributed by atoms with E-state index < -0.39 is 10.1 Å². The van der Waals surface area contributed by atoms with Crippen LogP contribution in [0.1, 0.15) is 0 Å². The third-order valence-electron chi connectivity index (χ3n) is 1.36. The summed E-state index contributed by atoms with van der Waals surface area (Å²) in [5.41, 5.74) is 0. The highest BCUT2D eigenvalue weighted by atomic mass is 32.2. The molecule has 4 nitrogen and oxygen atoms in total. The number of hydrogen-bond donors (Lipinski definition) is 1. The van der Waals surface area contributed by atoms with Crippen LogP contribution in [0.4, 0.5) is 0 Å². The standard InChI is InChI=1S/C8H10O4S/c9-6-7-12-13(10,11)8-4-2-1-3-5-8/h1-5,9H,6-7H2. The van der Waals surface area contributed by atoms with Crippen LogP contribution in [-0.2, 0) is 14.3 Å². The van der Waals surface area contributed by atoms with Gasteiger partial charge in [0, 0.05) is 0 Å². The molecule has 0 aliphatic carbocycles. The molecule has 0 bridgehead atoms. The lowest BCUT2D eigenvalue weighted by Crippen LogP contribution is -2.09. The van der Waals surface area contributed by atoms with E-state index in [2.05, 4.69) is 4.18 Å². The molecule has 1 rings (SSSR count). The molecule has 0 spiro atoms. The van der Waals surface area contributed by atoms with Crippen molar-refractivity contribution in [1.82, 2.24) is 0 Å². The van der Waals surface area contributed by atoms with Gasteiger partial charge in [0.1, 0.15) is 0 Å². The van der Waals surface area contributed by atoms with Crippen LogP contribution in [0.3, 0.4) is 0 Å². The number of aliphatic hydroxyl groups is 1. The van der Waals surface area contributed by atoms with Crippen LogP contribution in [0.5, 0.6) is 0 Å². The Morgan fingerprint density at radius 3 is 2.38 bits per heavy atom. The summed E-state index contributed by atoms with van der Waals surface area (Å²) in [5, 5.41) is 8.39. The van der Waals surface area contributed by atoms with Crippen molar-refractivity contribution in [2.75, 3.05) is 13.2 Å². The summed E-state index contributed by atoms with van der Waals surface area (Å²) in [6.07, 6.45) is 0. The quantitative estimate of drug-likeness (QED) is 0.717. The van der Waals surface area contributed by atoms with E-state index in [1.54, 1.807) is 18.2 Å². The first-order valence-electron chi connectivity index (χ1n) is 3.72. The number of rotatable bonds is 4. The second kappa shape index (κ2) is 4.36. The first-order chi connectivity index (χ1) is 6.17. The third kappa shape index (κ3) is 2.80. The van der Waals surface area contributed by atoms with Gasteiger partial charge in [-0.1, -0.05) is 18.2 Å². The Hall–Kier alpha value is -0.910. The molecule has 5 heteroatoms. The molecule has 0 aromatic heterocycles. The monoisotopic (exact) mass is 202 g/mol. The van der Waals surface area contributed by atoms with Crippen LogP contribution in [0.25, 0.3) is 0 Å². The maximum absolute atomic E-state index is 11.3. The van der Waals surface area contributed by atoms with E-state index >= 15 is 0 Å². The van der Waals surface area contributed by atoms with Crippen molar-refractivity contribution in [3.05, 3.63) is 30.3 Å². The van der Waals surface area contributed by atoms with Gasteiger partial charge in [0.15, 0.2) is 0 Å². The predicted octanol–water partition coefficient (Wildman–Crippen LogP) is 0.384. The zero-order valence-electron chi connectivity index (χ0n) is 6.88. The maximum Gasteiger partial charge on any atom is 0.297 e. The smallest absolute Gasteiger partial charge is 0.297 e. The summed E-state index contributed by atoms with van der Waals surface area (Å²) in [7, 11) is -3.68. The molecule has 0 unspecified atom stereocenters. The predicted molar refractivity (Wildman–Crippen MR) is 46.7 cm³/mol. The zero-order valence-corrected chi connectivity index (χ0v) is 7.70. The fourth-order valence-corrected chi connectivity index (χ4v) is 1.72. The molecule has 0 aliphatic rings. The Morgan fingerprint density at radius 2 is 1.85 bits per heavy atom. The van der Waals surface area contributed by atoms with Gasteiger partial charge in [-0.25, -0.2) is 0 Å². The van der Waals surface area contributed by atoms with E-state index in [4.69, 9.17) is 5.11 Å². The summed E-state index contributed by atoms with van der Waals surface area (Å²) in [5.74, 6) is 0. The fraction of sp³-hybridized carbons (Fsp3) is 0.250. The molecule has 1 N–H and O–H groups in total. The first-order valence-corrected chi connectivity index (χ1v) is 5.13. The Kier molecular flexibility index (Phi) is 3.41. The average molecular weight is 202 g/mol. The highest BCUT2D eigenvalue weighted by Gasteiger charge is 2.13. The van der Waals surface area contributed by atoms with Crippen molar-refractivity contribution in [3.8, 4) is 0 Å². The van der Waals surface area contributed by atoms with Crippen molar-refractivity contribution in [2.24, 2.45) is 0 Å². The van der Waals surface area contributed by atoms with Crippen molar-refractivity contribution < 1.29 is 17.7 Å². The van der Waals surface area contributed by atoms with Gasteiger partial charge >= 0.3 is 0 Å². The van der Waals surface area contributed by atoms with Gasteiger partial charge < -0.3 is 5.11 Å². The lowest BCUT2D eigenvalue weighted by molar-refractivity contribution is 0.205. The van der Waals surface area contributed by atoms with Crippen LogP contribution in [0.15, 0.2) is 35.2 Å². The zero-order chi connectivity index (χ0) is 9.73. The largest absolute Gasteiger partial charge is 0.394 e. The second-order valence-corrected chi connectivity index (χ2v) is 3.93. The molecule has 0 heterocycles. The van der Waals surface area contributed by atoms with E-state index in [1.807, 2.05) is 0 Å². The minimum atomic E-state index is -3.68. The van der Waals surface area contributed by atoms with Crippen molar-refractivity contribution in [3.63, 3.8) is 0 Å². The molecule has 1 aromatic rings. The molecule has 0 amide bonds. The summed E-state index contributed by atoms with van der Waals surface area (Å²) in [6, 6.07) is 7.80.